The van der Waals surface area contributed by atoms with Gasteiger partial charge in [-0.25, -0.2) is 4.79 Å². The number of hydrogen-bond donors (Lipinski definition) is 1. The monoisotopic (exact) mass is 470 g/mol. The van der Waals surface area contributed by atoms with Gasteiger partial charge in [0.2, 0.25) is 5.95 Å². The van der Waals surface area contributed by atoms with E-state index in [0.717, 1.165) is 42.9 Å². The number of hydrogen-bond acceptors (Lipinski definition) is 7. The van der Waals surface area contributed by atoms with Crippen LogP contribution in [0.15, 0.2) is 27.8 Å². The normalized spacial score (nSPS) is 15.8. The van der Waals surface area contributed by atoms with Gasteiger partial charge in [-0.1, -0.05) is 13.0 Å². The van der Waals surface area contributed by atoms with Crippen molar-refractivity contribution in [3.05, 3.63) is 50.2 Å². The molecule has 1 N–H and O–H groups in total. The van der Waals surface area contributed by atoms with Crippen molar-refractivity contribution in [2.24, 2.45) is 14.1 Å². The molecule has 0 aliphatic carbocycles. The number of aliphatic hydroxyl groups excluding tert-OH is 1. The molecule has 1 aliphatic rings. The predicted octanol–water partition coefficient (Wildman–Crippen LogP) is 0.632. The number of anilines is 1. The molecule has 0 radical (unpaired) electrons. The van der Waals surface area contributed by atoms with Crippen LogP contribution in [0.3, 0.4) is 0 Å². The molecular formula is C24H34N6O4. The Hall–Kier alpha value is -3.11. The lowest BCUT2D eigenvalue weighted by Gasteiger charge is -2.35. The van der Waals surface area contributed by atoms with E-state index in [0.29, 0.717) is 22.9 Å². The van der Waals surface area contributed by atoms with E-state index < -0.39 is 17.4 Å². The van der Waals surface area contributed by atoms with Gasteiger partial charge in [0.05, 0.1) is 6.54 Å². The van der Waals surface area contributed by atoms with Gasteiger partial charge >= 0.3 is 5.69 Å². The molecular weight excluding hydrogens is 436 g/mol. The number of fused-ring (bicyclic) bond motifs is 1. The second-order valence-corrected chi connectivity index (χ2v) is 9.03. The summed E-state index contributed by atoms with van der Waals surface area (Å²) in [6, 6.07) is 5.81. The van der Waals surface area contributed by atoms with Crippen LogP contribution in [0.5, 0.6) is 5.75 Å². The maximum absolute atomic E-state index is 13.1. The van der Waals surface area contributed by atoms with E-state index in [1.165, 1.54) is 17.2 Å². The van der Waals surface area contributed by atoms with Gasteiger partial charge < -0.3 is 24.2 Å². The molecule has 1 saturated heterocycles. The average Bonchev–Trinajstić information content (AvgIpc) is 3.21. The van der Waals surface area contributed by atoms with Crippen molar-refractivity contribution in [1.29, 1.82) is 0 Å². The predicted molar refractivity (Wildman–Crippen MR) is 132 cm³/mol. The Balaban J connectivity index is 1.67. The number of nitrogens with zero attached hydrogens (tertiary/aromatic N) is 6. The Bertz CT molecular complexity index is 1300. The molecule has 1 aliphatic heterocycles. The highest BCUT2D eigenvalue weighted by Crippen LogP contribution is 2.22. The fourth-order valence-electron chi connectivity index (χ4n) is 4.37. The number of aromatic nitrogens is 4. The van der Waals surface area contributed by atoms with E-state index in [1.807, 2.05) is 32.0 Å². The minimum absolute atomic E-state index is 0.0668. The molecule has 0 bridgehead atoms. The van der Waals surface area contributed by atoms with Crippen LogP contribution in [-0.2, 0) is 20.6 Å². The van der Waals surface area contributed by atoms with Gasteiger partial charge in [0.25, 0.3) is 5.56 Å². The molecule has 3 aromatic rings. The molecule has 0 spiro atoms. The lowest BCUT2D eigenvalue weighted by atomic mass is 10.1. The van der Waals surface area contributed by atoms with E-state index in [1.54, 1.807) is 11.6 Å². The first-order chi connectivity index (χ1) is 16.2. The minimum atomic E-state index is -0.878. The SMILES string of the molecule is CCN1CCN(c2nc3c(c(=O)n(C)c(=O)n3C)n2C[C@H](O)COc2ccc(C)c(C)c2)CC1. The van der Waals surface area contributed by atoms with Crippen molar-refractivity contribution in [3.8, 4) is 5.75 Å². The van der Waals surface area contributed by atoms with Gasteiger partial charge in [0.1, 0.15) is 18.5 Å². The zero-order chi connectivity index (χ0) is 24.6. The highest BCUT2D eigenvalue weighted by atomic mass is 16.5. The van der Waals surface area contributed by atoms with E-state index in [4.69, 9.17) is 9.72 Å². The Morgan fingerprint density at radius 2 is 1.76 bits per heavy atom. The first kappa shape index (κ1) is 24.0. The van der Waals surface area contributed by atoms with Crippen molar-refractivity contribution < 1.29 is 9.84 Å². The standard InChI is InChI=1S/C24H34N6O4/c1-6-28-9-11-29(12-10-28)23-25-21-20(22(32)27(5)24(33)26(21)4)30(23)14-18(31)15-34-19-8-7-16(2)17(3)13-19/h7-8,13,18,31H,6,9-12,14-15H2,1-5H3/t18-/m0/s1. The van der Waals surface area contributed by atoms with Gasteiger partial charge in [-0.05, 0) is 43.7 Å². The summed E-state index contributed by atoms with van der Waals surface area (Å²) in [4.78, 5) is 34.8. The number of rotatable bonds is 7. The highest BCUT2D eigenvalue weighted by molar-refractivity contribution is 5.74. The minimum Gasteiger partial charge on any atom is -0.491 e. The van der Waals surface area contributed by atoms with Crippen molar-refractivity contribution >= 4 is 17.1 Å². The van der Waals surface area contributed by atoms with E-state index >= 15 is 0 Å². The van der Waals surface area contributed by atoms with Gasteiger partial charge in [-0.15, -0.1) is 0 Å². The number of benzene rings is 1. The third-order valence-corrected chi connectivity index (χ3v) is 6.74. The third kappa shape index (κ3) is 4.47. The van der Waals surface area contributed by atoms with Crippen molar-refractivity contribution in [1.82, 2.24) is 23.6 Å². The van der Waals surface area contributed by atoms with E-state index in [2.05, 4.69) is 16.7 Å². The van der Waals surface area contributed by atoms with Crippen LogP contribution in [0, 0.1) is 13.8 Å². The van der Waals surface area contributed by atoms with Crippen LogP contribution in [0.4, 0.5) is 5.95 Å². The smallest absolute Gasteiger partial charge is 0.332 e. The Morgan fingerprint density at radius 3 is 2.41 bits per heavy atom. The third-order valence-electron chi connectivity index (χ3n) is 6.74. The van der Waals surface area contributed by atoms with Crippen molar-refractivity contribution in [3.63, 3.8) is 0 Å². The number of aryl methyl sites for hydroxylation is 3. The van der Waals surface area contributed by atoms with E-state index in [-0.39, 0.29) is 13.2 Å². The topological polar surface area (TPSA) is 97.8 Å². The van der Waals surface area contributed by atoms with Gasteiger partial charge in [-0.2, -0.15) is 4.98 Å². The highest BCUT2D eigenvalue weighted by Gasteiger charge is 2.26. The summed E-state index contributed by atoms with van der Waals surface area (Å²) in [5.74, 6) is 1.28. The summed E-state index contributed by atoms with van der Waals surface area (Å²) in [7, 11) is 3.07. The lowest BCUT2D eigenvalue weighted by molar-refractivity contribution is 0.0935. The number of ether oxygens (including phenoxy) is 1. The maximum Gasteiger partial charge on any atom is 0.332 e. The summed E-state index contributed by atoms with van der Waals surface area (Å²) in [6.07, 6.45) is -0.878. The molecule has 1 aromatic carbocycles. The summed E-state index contributed by atoms with van der Waals surface area (Å²) in [5, 5.41) is 10.9. The zero-order valence-electron chi connectivity index (χ0n) is 20.6. The molecule has 0 unspecified atom stereocenters. The molecule has 0 saturated carbocycles. The second kappa shape index (κ2) is 9.63. The molecule has 1 atom stereocenters. The van der Waals surface area contributed by atoms with Crippen LogP contribution < -0.4 is 20.9 Å². The summed E-state index contributed by atoms with van der Waals surface area (Å²) in [5.41, 5.74) is 2.07. The van der Waals surface area contributed by atoms with Crippen molar-refractivity contribution in [2.45, 2.75) is 33.4 Å². The summed E-state index contributed by atoms with van der Waals surface area (Å²) < 4.78 is 10.0. The molecule has 2 aromatic heterocycles. The molecule has 1 fully saturated rings. The molecule has 10 nitrogen and oxygen atoms in total. The fourth-order valence-corrected chi connectivity index (χ4v) is 4.37. The van der Waals surface area contributed by atoms with Gasteiger partial charge in [0.15, 0.2) is 11.2 Å². The van der Waals surface area contributed by atoms with Gasteiger partial charge in [0, 0.05) is 40.3 Å². The van der Waals surface area contributed by atoms with Crippen LogP contribution in [0.2, 0.25) is 0 Å². The fraction of sp³-hybridized carbons (Fsp3) is 0.542. The maximum atomic E-state index is 13.1. The zero-order valence-corrected chi connectivity index (χ0v) is 20.6. The van der Waals surface area contributed by atoms with Crippen molar-refractivity contribution in [2.75, 3.05) is 44.2 Å². The molecule has 4 rings (SSSR count). The molecule has 0 amide bonds. The van der Waals surface area contributed by atoms with E-state index in [9.17, 15) is 14.7 Å². The summed E-state index contributed by atoms with van der Waals surface area (Å²) in [6.45, 7) is 10.6. The summed E-state index contributed by atoms with van der Waals surface area (Å²) >= 11 is 0. The molecule has 3 heterocycles. The number of piperazine rings is 1. The molecule has 10 heteroatoms. The second-order valence-electron chi connectivity index (χ2n) is 9.03. The molecule has 184 valence electrons. The van der Waals surface area contributed by atoms with Crippen LogP contribution in [0.1, 0.15) is 18.1 Å². The number of aliphatic hydroxyl groups is 1. The van der Waals surface area contributed by atoms with Crippen LogP contribution in [-0.4, -0.2) is 74.1 Å². The Kier molecular flexibility index (Phi) is 6.81. The van der Waals surface area contributed by atoms with Crippen LogP contribution >= 0.6 is 0 Å². The largest absolute Gasteiger partial charge is 0.491 e. The Labute approximate surface area is 198 Å². The first-order valence-electron chi connectivity index (χ1n) is 11.7. The first-order valence-corrected chi connectivity index (χ1v) is 11.7. The number of likely N-dealkylation sites (N-methyl/N-ethyl adjacent to an activating group) is 1. The van der Waals surface area contributed by atoms with Crippen LogP contribution in [0.25, 0.3) is 11.2 Å². The van der Waals surface area contributed by atoms with Gasteiger partial charge in [-0.3, -0.25) is 13.9 Å². The molecule has 34 heavy (non-hydrogen) atoms. The quantitative estimate of drug-likeness (QED) is 0.541. The number of imidazole rings is 1. The Morgan fingerprint density at radius 1 is 1.06 bits per heavy atom. The lowest BCUT2D eigenvalue weighted by Crippen LogP contribution is -2.47. The average molecular weight is 471 g/mol.